The number of rotatable bonds is 1. The summed E-state index contributed by atoms with van der Waals surface area (Å²) in [5.41, 5.74) is 0.862. The summed E-state index contributed by atoms with van der Waals surface area (Å²) in [6, 6.07) is 4.73. The van der Waals surface area contributed by atoms with Crippen molar-refractivity contribution in [3.05, 3.63) is 30.3 Å². The number of carbonyl (C=O) groups excluding carboxylic acids is 4. The molecule has 9 nitrogen and oxygen atoms in total. The third-order valence-electron chi connectivity index (χ3n) is 5.11. The number of thioether (sulfide) groups is 1. The second kappa shape index (κ2) is 11.6. The number of furan rings is 1. The number of ether oxygens (including phenoxy) is 1. The summed E-state index contributed by atoms with van der Waals surface area (Å²) in [4.78, 5) is 44.5. The third kappa shape index (κ3) is 6.87. The van der Waals surface area contributed by atoms with Crippen LogP contribution in [-0.2, 0) is 19.1 Å². The molecule has 0 radical (unpaired) electrons. The molecule has 1 aromatic carbocycles. The van der Waals surface area contributed by atoms with Gasteiger partial charge in [0.05, 0.1) is 30.7 Å². The molecule has 3 saturated heterocycles. The predicted octanol–water partition coefficient (Wildman–Crippen LogP) is 3.25. The molecule has 3 atom stereocenters. The molecular formula is C23H30FN3O6S. The number of amides is 3. The Labute approximate surface area is 202 Å². The lowest BCUT2D eigenvalue weighted by atomic mass is 10.1. The highest BCUT2D eigenvalue weighted by Gasteiger charge is 2.31. The van der Waals surface area contributed by atoms with Crippen LogP contribution in [-0.4, -0.2) is 59.9 Å². The lowest BCUT2D eigenvalue weighted by Gasteiger charge is -2.25. The summed E-state index contributed by atoms with van der Waals surface area (Å²) in [5.74, 6) is -1.68. The van der Waals surface area contributed by atoms with E-state index < -0.39 is 17.6 Å². The highest BCUT2D eigenvalue weighted by atomic mass is 32.2. The fraction of sp³-hybridized carbons (Fsp3) is 0.478. The molecule has 0 unspecified atom stereocenters. The largest absolute Gasteiger partial charge is 0.459 e. The summed E-state index contributed by atoms with van der Waals surface area (Å²) in [5, 5.41) is 6.16. The highest BCUT2D eigenvalue weighted by molar-refractivity contribution is 8.14. The Morgan fingerprint density at radius 2 is 1.71 bits per heavy atom. The first-order chi connectivity index (χ1) is 16.1. The molecule has 34 heavy (non-hydrogen) atoms. The van der Waals surface area contributed by atoms with Crippen LogP contribution in [0.25, 0.3) is 11.0 Å². The van der Waals surface area contributed by atoms with Crippen molar-refractivity contribution >= 4 is 51.3 Å². The smallest absolute Gasteiger partial charge is 0.286 e. The van der Waals surface area contributed by atoms with E-state index in [1.165, 1.54) is 24.1 Å². The van der Waals surface area contributed by atoms with E-state index in [9.17, 15) is 23.6 Å². The standard InChI is InChI=1S/C12H10FNO2S.C6H13NO.C5H5NO3.H2/c1-7-5-14(12(15)17-7)10-6-16-11-8(10)3-2-4-9(11)13;1-5-3-7-4-6(2)8-5;7-3-1-4(8)6-5(9)2-3;/h2-4,6-7H,5H2,1H3;5-7H,3-4H2,1-2H3;1-2H2,(H,6,8,9);1H/t7-;5-,6+;;/m0.../s1. The van der Waals surface area contributed by atoms with E-state index in [0.29, 0.717) is 29.8 Å². The van der Waals surface area contributed by atoms with Crippen molar-refractivity contribution in [2.45, 2.75) is 51.1 Å². The summed E-state index contributed by atoms with van der Waals surface area (Å²) < 4.78 is 24.1. The van der Waals surface area contributed by atoms with Gasteiger partial charge in [0.25, 0.3) is 5.24 Å². The van der Waals surface area contributed by atoms with Crippen LogP contribution in [0.15, 0.2) is 28.9 Å². The zero-order valence-corrected chi connectivity index (χ0v) is 20.1. The molecule has 3 aliphatic rings. The van der Waals surface area contributed by atoms with Gasteiger partial charge in [0, 0.05) is 31.7 Å². The SMILES string of the molecule is C[C@@H]1CNC[C@H](C)O1.C[C@H]1CN(c2coc3c(F)cccc23)C(=O)S1.O=C1CC(=O)NC(=O)C1.[HH]. The van der Waals surface area contributed by atoms with E-state index >= 15 is 0 Å². The fourth-order valence-electron chi connectivity index (χ4n) is 3.67. The lowest BCUT2D eigenvalue weighted by molar-refractivity contribution is -0.138. The highest BCUT2D eigenvalue weighted by Crippen LogP contribution is 2.36. The van der Waals surface area contributed by atoms with Gasteiger partial charge in [-0.2, -0.15) is 0 Å². The Hall–Kier alpha value is -2.76. The number of morpholine rings is 1. The first kappa shape index (κ1) is 25.9. The number of Topliss-reactive ketones (excluding diaryl/α,β-unsaturated/α-hetero) is 1. The second-order valence-electron chi connectivity index (χ2n) is 8.32. The minimum atomic E-state index is -0.490. The van der Waals surface area contributed by atoms with Crippen LogP contribution in [0.1, 0.15) is 35.0 Å². The van der Waals surface area contributed by atoms with Crippen molar-refractivity contribution in [1.29, 1.82) is 0 Å². The van der Waals surface area contributed by atoms with Gasteiger partial charge in [0.15, 0.2) is 17.2 Å². The first-order valence-electron chi connectivity index (χ1n) is 11.0. The number of piperidine rings is 1. The van der Waals surface area contributed by atoms with Gasteiger partial charge in [-0.3, -0.25) is 29.4 Å². The van der Waals surface area contributed by atoms with Crippen LogP contribution in [0.3, 0.4) is 0 Å². The van der Waals surface area contributed by atoms with E-state index in [1.54, 1.807) is 17.0 Å². The van der Waals surface area contributed by atoms with Crippen LogP contribution in [0.4, 0.5) is 14.9 Å². The molecule has 5 rings (SSSR count). The molecule has 2 N–H and O–H groups in total. The minimum absolute atomic E-state index is 0. The third-order valence-corrected chi connectivity index (χ3v) is 6.08. The van der Waals surface area contributed by atoms with Gasteiger partial charge in [0.2, 0.25) is 11.8 Å². The minimum Gasteiger partial charge on any atom is -0.459 e. The Balaban J connectivity index is 0.000000204. The van der Waals surface area contributed by atoms with Crippen LogP contribution in [0.2, 0.25) is 0 Å². The quantitative estimate of drug-likeness (QED) is 0.457. The van der Waals surface area contributed by atoms with Crippen molar-refractivity contribution in [3.63, 3.8) is 0 Å². The molecule has 1 aromatic heterocycles. The number of anilines is 1. The number of fused-ring (bicyclic) bond motifs is 1. The number of nitrogens with one attached hydrogen (secondary N) is 2. The number of carbonyl (C=O) groups is 4. The normalized spacial score (nSPS) is 24.8. The predicted molar refractivity (Wildman–Crippen MR) is 128 cm³/mol. The maximum Gasteiger partial charge on any atom is 0.286 e. The lowest BCUT2D eigenvalue weighted by Crippen LogP contribution is -2.41. The van der Waals surface area contributed by atoms with E-state index in [0.717, 1.165) is 13.1 Å². The Kier molecular flexibility index (Phi) is 8.81. The summed E-state index contributed by atoms with van der Waals surface area (Å²) >= 11 is 1.29. The van der Waals surface area contributed by atoms with E-state index in [-0.39, 0.29) is 36.1 Å². The molecule has 3 fully saturated rings. The molecule has 11 heteroatoms. The van der Waals surface area contributed by atoms with Crippen molar-refractivity contribution < 1.29 is 34.1 Å². The van der Waals surface area contributed by atoms with Gasteiger partial charge in [-0.15, -0.1) is 0 Å². The number of imide groups is 1. The number of ketones is 1. The molecule has 3 amide bonds. The van der Waals surface area contributed by atoms with Gasteiger partial charge in [-0.25, -0.2) is 4.39 Å². The number of hydrogen-bond donors (Lipinski definition) is 2. The Morgan fingerprint density at radius 1 is 1.06 bits per heavy atom. The van der Waals surface area contributed by atoms with Crippen LogP contribution >= 0.6 is 11.8 Å². The fourth-order valence-corrected chi connectivity index (χ4v) is 4.53. The van der Waals surface area contributed by atoms with Crippen molar-refractivity contribution in [2.24, 2.45) is 0 Å². The summed E-state index contributed by atoms with van der Waals surface area (Å²) in [6.07, 6.45) is 1.96. The molecule has 4 heterocycles. The van der Waals surface area contributed by atoms with E-state index in [4.69, 9.17) is 9.15 Å². The Bertz CT molecular complexity index is 1030. The molecular weight excluding hydrogens is 465 g/mol. The zero-order chi connectivity index (χ0) is 24.8. The van der Waals surface area contributed by atoms with Gasteiger partial charge >= 0.3 is 0 Å². The maximum absolute atomic E-state index is 13.5. The van der Waals surface area contributed by atoms with Gasteiger partial charge in [-0.1, -0.05) is 24.8 Å². The van der Waals surface area contributed by atoms with Crippen LogP contribution in [0, 0.1) is 5.82 Å². The maximum atomic E-state index is 13.5. The molecule has 0 saturated carbocycles. The van der Waals surface area contributed by atoms with E-state index in [1.807, 2.05) is 12.2 Å². The van der Waals surface area contributed by atoms with Crippen LogP contribution < -0.4 is 15.5 Å². The van der Waals surface area contributed by atoms with Crippen molar-refractivity contribution in [2.75, 3.05) is 24.5 Å². The first-order valence-corrected chi connectivity index (χ1v) is 11.9. The average molecular weight is 496 g/mol. The summed E-state index contributed by atoms with van der Waals surface area (Å²) in [7, 11) is 0. The van der Waals surface area contributed by atoms with Gasteiger partial charge < -0.3 is 14.5 Å². The van der Waals surface area contributed by atoms with Gasteiger partial charge in [0.1, 0.15) is 6.26 Å². The number of hydrogen-bond acceptors (Lipinski definition) is 8. The number of nitrogens with zero attached hydrogens (tertiary/aromatic N) is 1. The average Bonchev–Trinajstić information content (AvgIpc) is 3.31. The monoisotopic (exact) mass is 495 g/mol. The number of halogens is 1. The van der Waals surface area contributed by atoms with Crippen LogP contribution in [0.5, 0.6) is 0 Å². The number of benzene rings is 1. The number of para-hydroxylation sites is 1. The molecule has 0 bridgehead atoms. The van der Waals surface area contributed by atoms with Crippen molar-refractivity contribution in [1.82, 2.24) is 10.6 Å². The molecule has 0 spiro atoms. The Morgan fingerprint density at radius 3 is 2.21 bits per heavy atom. The zero-order valence-electron chi connectivity index (χ0n) is 19.3. The van der Waals surface area contributed by atoms with E-state index in [2.05, 4.69) is 19.2 Å². The summed E-state index contributed by atoms with van der Waals surface area (Å²) in [6.45, 7) is 8.81. The molecule has 2 aromatic rings. The second-order valence-corrected chi connectivity index (χ2v) is 9.71. The molecule has 0 aliphatic carbocycles. The topological polar surface area (TPSA) is 118 Å². The molecule has 3 aliphatic heterocycles. The van der Waals surface area contributed by atoms with Gasteiger partial charge in [-0.05, 0) is 26.0 Å². The van der Waals surface area contributed by atoms with Crippen molar-refractivity contribution in [3.8, 4) is 0 Å². The molecule has 186 valence electrons.